The first kappa shape index (κ1) is 18.3. The summed E-state index contributed by atoms with van der Waals surface area (Å²) in [7, 11) is 0. The van der Waals surface area contributed by atoms with Gasteiger partial charge in [-0.05, 0) is 53.6 Å². The fraction of sp³-hybridized carbons (Fsp3) is 0.240. The monoisotopic (exact) mass is 426 g/mol. The van der Waals surface area contributed by atoms with Crippen molar-refractivity contribution < 1.29 is 14.3 Å². The smallest absolute Gasteiger partial charge is 0.240 e. The van der Waals surface area contributed by atoms with Gasteiger partial charge < -0.3 is 4.74 Å². The minimum absolute atomic E-state index is 0.0892. The summed E-state index contributed by atoms with van der Waals surface area (Å²) in [6, 6.07) is 13.7. The van der Waals surface area contributed by atoms with Gasteiger partial charge in [0.2, 0.25) is 11.8 Å². The number of terminal acetylenes is 1. The van der Waals surface area contributed by atoms with Crippen LogP contribution < -0.4 is 9.64 Å². The molecule has 3 aromatic rings. The van der Waals surface area contributed by atoms with Crippen molar-refractivity contribution in [3.63, 3.8) is 0 Å². The van der Waals surface area contributed by atoms with Gasteiger partial charge in [0.15, 0.2) is 5.13 Å². The first-order chi connectivity index (χ1) is 15.1. The van der Waals surface area contributed by atoms with E-state index >= 15 is 0 Å². The molecule has 0 N–H and O–H groups in total. The lowest BCUT2D eigenvalue weighted by molar-refractivity contribution is -0.123. The fourth-order valence-electron chi connectivity index (χ4n) is 5.15. The Hall–Kier alpha value is -3.43. The van der Waals surface area contributed by atoms with Gasteiger partial charge in [-0.1, -0.05) is 47.6 Å². The number of aromatic nitrogens is 1. The Kier molecular flexibility index (Phi) is 4.02. The highest BCUT2D eigenvalue weighted by Gasteiger charge is 2.60. The molecule has 1 saturated heterocycles. The van der Waals surface area contributed by atoms with Gasteiger partial charge in [-0.2, -0.15) is 0 Å². The SMILES string of the molecule is C#CCOc1ccc(-c2ccc3nc(N4C(=O)[C@@H]5C6C=CC(C6)[C@@H]5C4=O)sc3c2)cc1. The molecule has 2 aromatic carbocycles. The number of fused-ring (bicyclic) bond motifs is 6. The standard InChI is InChI=1S/C25H18N2O3S/c1-2-11-30-18-8-5-14(6-9-18)15-7-10-19-20(13-15)31-25(26-19)27-23(28)21-16-3-4-17(12-16)22(21)24(27)29/h1,3-10,13,16-17,21-22H,11-12H2/t16?,17?,21-,22+. The molecule has 1 aliphatic heterocycles. The molecule has 4 atom stereocenters. The summed E-state index contributed by atoms with van der Waals surface area (Å²) in [4.78, 5) is 32.1. The van der Waals surface area contributed by atoms with Gasteiger partial charge in [0, 0.05) is 0 Å². The quantitative estimate of drug-likeness (QED) is 0.355. The molecule has 2 heterocycles. The predicted molar refractivity (Wildman–Crippen MR) is 120 cm³/mol. The third kappa shape index (κ3) is 2.74. The maximum atomic E-state index is 13.1. The summed E-state index contributed by atoms with van der Waals surface area (Å²) < 4.78 is 6.37. The molecule has 2 bridgehead atoms. The molecule has 2 amide bonds. The number of imide groups is 1. The van der Waals surface area contributed by atoms with Crippen molar-refractivity contribution in [1.29, 1.82) is 0 Å². The molecule has 2 unspecified atom stereocenters. The Bertz CT molecular complexity index is 1270. The van der Waals surface area contributed by atoms with Gasteiger partial charge >= 0.3 is 0 Å². The van der Waals surface area contributed by atoms with E-state index in [2.05, 4.69) is 23.1 Å². The van der Waals surface area contributed by atoms with Crippen LogP contribution in [0.1, 0.15) is 6.42 Å². The second-order valence-corrected chi connectivity index (χ2v) is 9.22. The number of ether oxygens (including phenoxy) is 1. The average Bonchev–Trinajstić information content (AvgIpc) is 3.55. The topological polar surface area (TPSA) is 59.5 Å². The van der Waals surface area contributed by atoms with Crippen LogP contribution in [-0.4, -0.2) is 23.4 Å². The Morgan fingerprint density at radius 1 is 1.03 bits per heavy atom. The molecular weight excluding hydrogens is 408 g/mol. The molecule has 2 fully saturated rings. The van der Waals surface area contributed by atoms with Crippen molar-refractivity contribution in [1.82, 2.24) is 4.98 Å². The van der Waals surface area contributed by atoms with Crippen molar-refractivity contribution in [3.05, 3.63) is 54.6 Å². The molecule has 1 saturated carbocycles. The van der Waals surface area contributed by atoms with Gasteiger partial charge in [-0.15, -0.1) is 6.42 Å². The van der Waals surface area contributed by atoms with Crippen molar-refractivity contribution in [2.75, 3.05) is 11.5 Å². The van der Waals surface area contributed by atoms with Gasteiger partial charge in [-0.3, -0.25) is 9.59 Å². The highest BCUT2D eigenvalue weighted by atomic mass is 32.1. The number of thiazole rings is 1. The second-order valence-electron chi connectivity index (χ2n) is 8.21. The van der Waals surface area contributed by atoms with Crippen LogP contribution in [-0.2, 0) is 9.59 Å². The lowest BCUT2D eigenvalue weighted by atomic mass is 9.85. The van der Waals surface area contributed by atoms with Crippen LogP contribution in [0.15, 0.2) is 54.6 Å². The van der Waals surface area contributed by atoms with Crippen LogP contribution in [0.25, 0.3) is 21.3 Å². The van der Waals surface area contributed by atoms with Crippen LogP contribution in [0.4, 0.5) is 5.13 Å². The number of carbonyl (C=O) groups is 2. The molecule has 0 radical (unpaired) electrons. The van der Waals surface area contributed by atoms with E-state index in [4.69, 9.17) is 11.2 Å². The number of hydrogen-bond acceptors (Lipinski definition) is 5. The fourth-order valence-corrected chi connectivity index (χ4v) is 6.16. The summed E-state index contributed by atoms with van der Waals surface area (Å²) >= 11 is 1.39. The number of anilines is 1. The highest BCUT2D eigenvalue weighted by Crippen LogP contribution is 2.53. The van der Waals surface area contributed by atoms with Crippen molar-refractivity contribution >= 4 is 38.5 Å². The van der Waals surface area contributed by atoms with Gasteiger partial charge in [0.25, 0.3) is 0 Å². The zero-order valence-corrected chi connectivity index (χ0v) is 17.3. The lowest BCUT2D eigenvalue weighted by Gasteiger charge is -2.14. The molecule has 2 aliphatic carbocycles. The highest BCUT2D eigenvalue weighted by molar-refractivity contribution is 7.22. The van der Waals surface area contributed by atoms with Gasteiger partial charge in [0.05, 0.1) is 22.1 Å². The van der Waals surface area contributed by atoms with E-state index in [1.807, 2.05) is 42.5 Å². The zero-order valence-electron chi connectivity index (χ0n) is 16.5. The molecule has 152 valence electrons. The third-order valence-corrected chi connectivity index (χ3v) is 7.55. The molecular formula is C25H18N2O3S. The van der Waals surface area contributed by atoms with Crippen LogP contribution in [0, 0.1) is 36.0 Å². The number of nitrogens with zero attached hydrogens (tertiary/aromatic N) is 2. The maximum Gasteiger partial charge on any atom is 0.240 e. The maximum absolute atomic E-state index is 13.1. The number of carbonyl (C=O) groups excluding carboxylic acids is 2. The molecule has 0 spiro atoms. The molecule has 31 heavy (non-hydrogen) atoms. The Labute approximate surface area is 183 Å². The Morgan fingerprint density at radius 2 is 1.71 bits per heavy atom. The predicted octanol–water partition coefficient (Wildman–Crippen LogP) is 4.29. The molecule has 6 heteroatoms. The second kappa shape index (κ2) is 6.79. The van der Waals surface area contributed by atoms with E-state index in [1.54, 1.807) is 0 Å². The summed E-state index contributed by atoms with van der Waals surface area (Å²) in [5.41, 5.74) is 2.86. The van der Waals surface area contributed by atoms with Crippen LogP contribution >= 0.6 is 11.3 Å². The van der Waals surface area contributed by atoms with E-state index in [0.717, 1.165) is 33.5 Å². The van der Waals surface area contributed by atoms with Crippen molar-refractivity contribution in [2.45, 2.75) is 6.42 Å². The number of allylic oxidation sites excluding steroid dienone is 2. The Morgan fingerprint density at radius 3 is 2.39 bits per heavy atom. The first-order valence-corrected chi connectivity index (χ1v) is 11.1. The van der Waals surface area contributed by atoms with E-state index < -0.39 is 0 Å². The zero-order chi connectivity index (χ0) is 21.1. The van der Waals surface area contributed by atoms with E-state index in [1.165, 1.54) is 16.2 Å². The molecule has 5 nitrogen and oxygen atoms in total. The molecule has 3 aliphatic rings. The van der Waals surface area contributed by atoms with Crippen molar-refractivity contribution in [3.8, 4) is 29.2 Å². The first-order valence-electron chi connectivity index (χ1n) is 10.3. The van der Waals surface area contributed by atoms with E-state index in [0.29, 0.717) is 5.13 Å². The summed E-state index contributed by atoms with van der Waals surface area (Å²) in [5.74, 6) is 2.98. The Balaban J connectivity index is 1.30. The van der Waals surface area contributed by atoms with E-state index in [9.17, 15) is 9.59 Å². The summed E-state index contributed by atoms with van der Waals surface area (Å²) in [6.45, 7) is 0.238. The number of amides is 2. The normalized spacial score (nSPS) is 26.0. The lowest BCUT2D eigenvalue weighted by Crippen LogP contribution is -2.32. The van der Waals surface area contributed by atoms with Gasteiger partial charge in [-0.25, -0.2) is 9.88 Å². The minimum Gasteiger partial charge on any atom is -0.481 e. The summed E-state index contributed by atoms with van der Waals surface area (Å²) in [5, 5.41) is 0.481. The minimum atomic E-state index is -0.208. The number of rotatable bonds is 4. The van der Waals surface area contributed by atoms with Crippen molar-refractivity contribution in [2.24, 2.45) is 23.7 Å². The van der Waals surface area contributed by atoms with Crippen LogP contribution in [0.3, 0.4) is 0 Å². The summed E-state index contributed by atoms with van der Waals surface area (Å²) in [6.07, 6.45) is 10.4. The van der Waals surface area contributed by atoms with Crippen LogP contribution in [0.5, 0.6) is 5.75 Å². The molecule has 1 aromatic heterocycles. The average molecular weight is 426 g/mol. The third-order valence-electron chi connectivity index (χ3n) is 6.55. The van der Waals surface area contributed by atoms with Gasteiger partial charge in [0.1, 0.15) is 12.4 Å². The van der Waals surface area contributed by atoms with E-state index in [-0.39, 0.29) is 42.1 Å². The number of benzene rings is 2. The van der Waals surface area contributed by atoms with Crippen LogP contribution in [0.2, 0.25) is 0 Å². The number of hydrogen-bond donors (Lipinski definition) is 0. The largest absolute Gasteiger partial charge is 0.481 e. The molecule has 6 rings (SSSR count).